The van der Waals surface area contributed by atoms with Crippen molar-refractivity contribution in [2.75, 3.05) is 105 Å². The Morgan fingerprint density at radius 1 is 0.747 bits per heavy atom. The standard InChI is InChI=1S/C56H70FN11O18S/c1-3-56(81)34-20-39-51-32(28-68(39)53(78)33(34)29-86-55(56)80)50-36(5-4-31-30(2)35(57)21-37(64-51)49(31)50)65-52(77)38-6-10-66(38)48(76)27-63-46(74)26-62-45(73)25-61-44(72)24-60-43(71)23-59-42(70)8-12-82-14-16-84-18-19-85-17-15-83-13-9-58-41(69)7-11-67-47(75)22-40(87)54(67)79/h20-21,36,38,40,81,87H,3-19,22-29H2,1-2H3,(H,58,69)(H,59,70)(H,60,71)(H,61,72)(H,62,73)(H,63,74)(H,65,77). The number of halogens is 1. The van der Waals surface area contributed by atoms with E-state index in [4.69, 9.17) is 28.7 Å². The minimum atomic E-state index is -2.06. The quantitative estimate of drug-likeness (QED) is 0.0104. The molecule has 2 saturated heterocycles. The molecule has 1 aliphatic carbocycles. The average Bonchev–Trinajstić information content (AvgIpc) is 1.65. The van der Waals surface area contributed by atoms with E-state index in [1.54, 1.807) is 19.9 Å². The van der Waals surface area contributed by atoms with Gasteiger partial charge in [0.25, 0.3) is 5.56 Å². The number of carbonyl (C=O) groups is 11. The summed E-state index contributed by atoms with van der Waals surface area (Å²) in [7, 11) is 0. The van der Waals surface area contributed by atoms with Crippen molar-refractivity contribution < 1.29 is 85.9 Å². The van der Waals surface area contributed by atoms with Crippen molar-refractivity contribution in [2.45, 2.75) is 94.9 Å². The van der Waals surface area contributed by atoms with E-state index < -0.39 is 120 Å². The normalized spacial score (nSPS) is 18.9. The number of aromatic nitrogens is 2. The van der Waals surface area contributed by atoms with Crippen molar-refractivity contribution >= 4 is 88.6 Å². The van der Waals surface area contributed by atoms with Crippen molar-refractivity contribution in [3.63, 3.8) is 0 Å². The number of nitrogens with one attached hydrogen (secondary N) is 7. The molecule has 0 bridgehead atoms. The number of fused-ring (bicyclic) bond motifs is 5. The molecular formula is C56H70FN11O18S. The predicted molar refractivity (Wildman–Crippen MR) is 303 cm³/mol. The number of aryl methyl sites for hydroxylation is 1. The Hall–Kier alpha value is -7.97. The second kappa shape index (κ2) is 29.6. The number of hydrogen-bond donors (Lipinski definition) is 9. The van der Waals surface area contributed by atoms with Crippen LogP contribution in [0.1, 0.15) is 84.9 Å². The zero-order valence-corrected chi connectivity index (χ0v) is 49.0. The van der Waals surface area contributed by atoms with Gasteiger partial charge in [0, 0.05) is 61.5 Å². The summed E-state index contributed by atoms with van der Waals surface area (Å²) < 4.78 is 43.7. The molecule has 0 radical (unpaired) electrons. The molecule has 31 heteroatoms. The van der Waals surface area contributed by atoms with E-state index in [-0.39, 0.29) is 121 Å². The Labute approximate surface area is 502 Å². The van der Waals surface area contributed by atoms with E-state index in [9.17, 15) is 62.6 Å². The maximum Gasteiger partial charge on any atom is 0.343 e. The van der Waals surface area contributed by atoms with E-state index in [0.717, 1.165) is 4.90 Å². The summed E-state index contributed by atoms with van der Waals surface area (Å²) in [5, 5.41) is 28.8. The number of pyridine rings is 2. The molecule has 2 fully saturated rings. The van der Waals surface area contributed by atoms with Crippen LogP contribution in [0.5, 0.6) is 0 Å². The number of benzene rings is 1. The van der Waals surface area contributed by atoms with Crippen LogP contribution in [0.25, 0.3) is 22.3 Å². The highest BCUT2D eigenvalue weighted by atomic mass is 32.1. The molecule has 2 aromatic heterocycles. The highest BCUT2D eigenvalue weighted by Crippen LogP contribution is 2.46. The summed E-state index contributed by atoms with van der Waals surface area (Å²) in [6, 6.07) is 1.32. The van der Waals surface area contributed by atoms with Gasteiger partial charge in [0.2, 0.25) is 59.1 Å². The van der Waals surface area contributed by atoms with Gasteiger partial charge in [-0.05, 0) is 55.4 Å². The van der Waals surface area contributed by atoms with Gasteiger partial charge in [-0.3, -0.25) is 57.6 Å². The van der Waals surface area contributed by atoms with Crippen LogP contribution >= 0.6 is 12.6 Å². The van der Waals surface area contributed by atoms with Crippen LogP contribution in [0.2, 0.25) is 0 Å². The summed E-state index contributed by atoms with van der Waals surface area (Å²) >= 11 is 4.05. The van der Waals surface area contributed by atoms with Crippen LogP contribution in [0.4, 0.5) is 4.39 Å². The molecule has 470 valence electrons. The second-order valence-electron chi connectivity index (χ2n) is 21.1. The zero-order valence-electron chi connectivity index (χ0n) is 48.1. The molecule has 10 amide bonds. The van der Waals surface area contributed by atoms with Gasteiger partial charge in [0.1, 0.15) is 18.5 Å². The van der Waals surface area contributed by atoms with E-state index >= 15 is 4.39 Å². The number of imide groups is 1. The third-order valence-corrected chi connectivity index (χ3v) is 15.9. The summed E-state index contributed by atoms with van der Waals surface area (Å²) in [6.45, 7) is 2.80. The highest BCUT2D eigenvalue weighted by molar-refractivity contribution is 7.81. The van der Waals surface area contributed by atoms with Crippen LogP contribution < -0.4 is 42.8 Å². The average molecular weight is 1240 g/mol. The fraction of sp³-hybridized carbons (Fsp3) is 0.554. The Morgan fingerprint density at radius 3 is 1.92 bits per heavy atom. The number of amides is 10. The zero-order chi connectivity index (χ0) is 62.5. The van der Waals surface area contributed by atoms with Crippen molar-refractivity contribution in [1.82, 2.24) is 56.6 Å². The lowest BCUT2D eigenvalue weighted by Crippen LogP contribution is -2.60. The number of thiol groups is 1. The Morgan fingerprint density at radius 2 is 1.33 bits per heavy atom. The number of carbonyl (C=O) groups excluding carboxylic acids is 11. The van der Waals surface area contributed by atoms with Gasteiger partial charge in [0.15, 0.2) is 5.60 Å². The van der Waals surface area contributed by atoms with Crippen LogP contribution in [-0.2, 0) is 102 Å². The first-order chi connectivity index (χ1) is 41.7. The monoisotopic (exact) mass is 1240 g/mol. The number of nitrogens with zero attached hydrogens (tertiary/aromatic N) is 4. The van der Waals surface area contributed by atoms with E-state index in [1.165, 1.54) is 15.5 Å². The first kappa shape index (κ1) is 65.0. The molecule has 0 spiro atoms. The number of hydrogen-bond acceptors (Lipinski definition) is 20. The van der Waals surface area contributed by atoms with Crippen molar-refractivity contribution in [3.8, 4) is 11.4 Å². The largest absolute Gasteiger partial charge is 0.458 e. The van der Waals surface area contributed by atoms with Crippen LogP contribution in [0.3, 0.4) is 0 Å². The molecule has 4 aliphatic heterocycles. The van der Waals surface area contributed by atoms with Gasteiger partial charge < -0.3 is 75.5 Å². The van der Waals surface area contributed by atoms with Gasteiger partial charge in [-0.2, -0.15) is 12.6 Å². The van der Waals surface area contributed by atoms with Gasteiger partial charge in [-0.1, -0.05) is 6.92 Å². The number of ether oxygens (including phenoxy) is 5. The van der Waals surface area contributed by atoms with E-state index in [2.05, 4.69) is 49.8 Å². The molecular weight excluding hydrogens is 1170 g/mol. The third kappa shape index (κ3) is 15.6. The van der Waals surface area contributed by atoms with E-state index in [0.29, 0.717) is 77.0 Å². The Kier molecular flexibility index (Phi) is 22.1. The number of rotatable bonds is 31. The molecule has 29 nitrogen and oxygen atoms in total. The van der Waals surface area contributed by atoms with Crippen LogP contribution in [0.15, 0.2) is 16.9 Å². The van der Waals surface area contributed by atoms with Gasteiger partial charge in [-0.15, -0.1) is 0 Å². The fourth-order valence-electron chi connectivity index (χ4n) is 10.6. The van der Waals surface area contributed by atoms with Crippen LogP contribution in [0, 0.1) is 12.7 Å². The first-order valence-corrected chi connectivity index (χ1v) is 29.1. The SMILES string of the molecule is CCC1(O)C(=O)OCc2c1cc1n(c2=O)Cc2c-1nc1cc(F)c(C)c3c1c2C(NC(=O)C1CCN1C(=O)CNC(=O)CNC(=O)CNC(=O)CNC(=O)CNC(=O)CCOCCOCCOCCOCCNC(=O)CCN1C(=O)CC(S)C1=O)CC3. The molecule has 5 aliphatic rings. The lowest BCUT2D eigenvalue weighted by atomic mass is 9.81. The number of likely N-dealkylation sites (tertiary alicyclic amines) is 2. The molecule has 4 atom stereocenters. The summed E-state index contributed by atoms with van der Waals surface area (Å²) in [5.74, 6) is -6.82. The highest BCUT2D eigenvalue weighted by Gasteiger charge is 2.47. The predicted octanol–water partition coefficient (Wildman–Crippen LogP) is -3.17. The Balaban J connectivity index is 0.649. The molecule has 8 rings (SSSR count). The summed E-state index contributed by atoms with van der Waals surface area (Å²) in [4.78, 5) is 158. The van der Waals surface area contributed by atoms with Crippen LogP contribution in [-0.4, -0.2) is 206 Å². The first-order valence-electron chi connectivity index (χ1n) is 28.5. The lowest BCUT2D eigenvalue weighted by molar-refractivity contribution is -0.172. The molecule has 3 aromatic rings. The van der Waals surface area contributed by atoms with Gasteiger partial charge in [0.05, 0.1) is 126 Å². The fourth-order valence-corrected chi connectivity index (χ4v) is 10.9. The van der Waals surface area contributed by atoms with Crippen molar-refractivity contribution in [2.24, 2.45) is 0 Å². The molecule has 0 saturated carbocycles. The molecule has 4 unspecified atom stereocenters. The molecule has 87 heavy (non-hydrogen) atoms. The maximum absolute atomic E-state index is 15.4. The minimum absolute atomic E-state index is 0.00799. The number of esters is 1. The molecule has 8 N–H and O–H groups in total. The number of aliphatic hydroxyl groups is 1. The Bertz CT molecular complexity index is 3290. The topological polar surface area (TPSA) is 380 Å². The van der Waals surface area contributed by atoms with E-state index in [1.807, 2.05) is 0 Å². The maximum atomic E-state index is 15.4. The summed E-state index contributed by atoms with van der Waals surface area (Å²) in [6.07, 6.45) is 0.975. The third-order valence-electron chi connectivity index (χ3n) is 15.5. The lowest BCUT2D eigenvalue weighted by Gasteiger charge is -2.41. The molecule has 6 heterocycles. The van der Waals surface area contributed by atoms with Gasteiger partial charge in [-0.25, -0.2) is 14.2 Å². The van der Waals surface area contributed by atoms with Gasteiger partial charge >= 0.3 is 5.97 Å². The van der Waals surface area contributed by atoms with Crippen molar-refractivity contribution in [1.29, 1.82) is 0 Å². The number of cyclic esters (lactones) is 1. The molecule has 1 aromatic carbocycles. The smallest absolute Gasteiger partial charge is 0.343 e. The summed E-state index contributed by atoms with van der Waals surface area (Å²) in [5.41, 5.74) is 1.05. The minimum Gasteiger partial charge on any atom is -0.458 e. The van der Waals surface area contributed by atoms with Crippen molar-refractivity contribution in [3.05, 3.63) is 61.7 Å². The second-order valence-corrected chi connectivity index (χ2v) is 21.7.